The average Bonchev–Trinajstić information content (AvgIpc) is 2.79. The third-order valence-corrected chi connectivity index (χ3v) is 5.35. The summed E-state index contributed by atoms with van der Waals surface area (Å²) in [5.41, 5.74) is 3.10. The minimum Gasteiger partial charge on any atom is -0.497 e. The summed E-state index contributed by atoms with van der Waals surface area (Å²) in [5.74, 6) is 1.74. The number of amides is 1. The number of rotatable bonds is 7. The number of nitrogens with zero attached hydrogens (tertiary/aromatic N) is 4. The van der Waals surface area contributed by atoms with E-state index >= 15 is 0 Å². The summed E-state index contributed by atoms with van der Waals surface area (Å²) in [6.07, 6.45) is 0. The highest BCUT2D eigenvalue weighted by Gasteiger charge is 2.20. The first kappa shape index (κ1) is 26.7. The standard InChI is InChI=1S/C24H34N6O2.HI/c1-25-24(26-17-19-6-5-7-20(16-19)27-23(31)18-28(2)3)30-14-12-29(13-15-30)21-8-10-22(32-4)11-9-21;/h5-11,16H,12-15,17-18H2,1-4H3,(H,25,26)(H,27,31);1H. The minimum atomic E-state index is -0.0225. The number of carbonyl (C=O) groups is 1. The molecule has 2 aromatic carbocycles. The summed E-state index contributed by atoms with van der Waals surface area (Å²) >= 11 is 0. The van der Waals surface area contributed by atoms with Crippen LogP contribution in [0.15, 0.2) is 53.5 Å². The van der Waals surface area contributed by atoms with Gasteiger partial charge in [-0.15, -0.1) is 24.0 Å². The van der Waals surface area contributed by atoms with Crippen molar-refractivity contribution in [3.63, 3.8) is 0 Å². The Morgan fingerprint density at radius 1 is 1.09 bits per heavy atom. The quantitative estimate of drug-likeness (QED) is 0.305. The van der Waals surface area contributed by atoms with Crippen LogP contribution < -0.4 is 20.3 Å². The Morgan fingerprint density at radius 2 is 1.79 bits per heavy atom. The van der Waals surface area contributed by atoms with Gasteiger partial charge < -0.3 is 30.1 Å². The van der Waals surface area contributed by atoms with E-state index < -0.39 is 0 Å². The molecular weight excluding hydrogens is 531 g/mol. The monoisotopic (exact) mass is 566 g/mol. The van der Waals surface area contributed by atoms with Crippen molar-refractivity contribution in [2.24, 2.45) is 4.99 Å². The number of anilines is 2. The molecule has 0 spiro atoms. The second-order valence-electron chi connectivity index (χ2n) is 8.06. The third kappa shape index (κ3) is 8.08. The number of methoxy groups -OCH3 is 1. The average molecular weight is 566 g/mol. The fraction of sp³-hybridized carbons (Fsp3) is 0.417. The highest BCUT2D eigenvalue weighted by atomic mass is 127. The number of carbonyl (C=O) groups excluding carboxylic acids is 1. The number of guanidine groups is 1. The molecule has 0 radical (unpaired) electrons. The van der Waals surface area contributed by atoms with E-state index in [0.29, 0.717) is 13.1 Å². The summed E-state index contributed by atoms with van der Waals surface area (Å²) in [5, 5.41) is 6.40. The predicted octanol–water partition coefficient (Wildman–Crippen LogP) is 2.71. The number of likely N-dealkylation sites (N-methyl/N-ethyl adjacent to an activating group) is 1. The molecule has 0 saturated carbocycles. The number of hydrogen-bond donors (Lipinski definition) is 2. The van der Waals surface area contributed by atoms with Crippen molar-refractivity contribution in [3.8, 4) is 5.75 Å². The molecule has 3 rings (SSSR count). The van der Waals surface area contributed by atoms with E-state index in [1.807, 2.05) is 62.4 Å². The fourth-order valence-electron chi connectivity index (χ4n) is 3.73. The zero-order valence-electron chi connectivity index (χ0n) is 19.9. The molecule has 2 aromatic rings. The Bertz CT molecular complexity index is 911. The van der Waals surface area contributed by atoms with Crippen LogP contribution in [0.4, 0.5) is 11.4 Å². The van der Waals surface area contributed by atoms with Gasteiger partial charge >= 0.3 is 0 Å². The molecule has 1 aliphatic rings. The van der Waals surface area contributed by atoms with Gasteiger partial charge in [0.05, 0.1) is 13.7 Å². The summed E-state index contributed by atoms with van der Waals surface area (Å²) < 4.78 is 5.25. The highest BCUT2D eigenvalue weighted by molar-refractivity contribution is 14.0. The lowest BCUT2D eigenvalue weighted by Crippen LogP contribution is -2.52. The van der Waals surface area contributed by atoms with Crippen LogP contribution >= 0.6 is 24.0 Å². The smallest absolute Gasteiger partial charge is 0.238 e. The first-order valence-electron chi connectivity index (χ1n) is 10.9. The van der Waals surface area contributed by atoms with Crippen molar-refractivity contribution >= 4 is 47.2 Å². The number of benzene rings is 2. The maximum Gasteiger partial charge on any atom is 0.238 e. The maximum absolute atomic E-state index is 12.0. The summed E-state index contributed by atoms with van der Waals surface area (Å²) in [7, 11) is 7.25. The Kier molecular flexibility index (Phi) is 10.7. The lowest BCUT2D eigenvalue weighted by molar-refractivity contribution is -0.116. The highest BCUT2D eigenvalue weighted by Crippen LogP contribution is 2.20. The van der Waals surface area contributed by atoms with E-state index in [1.54, 1.807) is 7.11 Å². The lowest BCUT2D eigenvalue weighted by Gasteiger charge is -2.37. The summed E-state index contributed by atoms with van der Waals surface area (Å²) in [6.45, 7) is 4.65. The molecule has 1 fully saturated rings. The van der Waals surface area contributed by atoms with Crippen molar-refractivity contribution in [3.05, 3.63) is 54.1 Å². The van der Waals surface area contributed by atoms with Gasteiger partial charge in [0.15, 0.2) is 5.96 Å². The molecule has 180 valence electrons. The van der Waals surface area contributed by atoms with Crippen LogP contribution in [0, 0.1) is 0 Å². The van der Waals surface area contributed by atoms with Crippen LogP contribution in [0.5, 0.6) is 5.75 Å². The molecule has 0 aromatic heterocycles. The Labute approximate surface area is 214 Å². The summed E-state index contributed by atoms with van der Waals surface area (Å²) in [4.78, 5) is 23.0. The minimum absolute atomic E-state index is 0. The van der Waals surface area contributed by atoms with Crippen LogP contribution in [0.3, 0.4) is 0 Å². The van der Waals surface area contributed by atoms with Crippen LogP contribution in [-0.4, -0.2) is 82.6 Å². The van der Waals surface area contributed by atoms with E-state index in [2.05, 4.69) is 37.6 Å². The molecule has 1 aliphatic heterocycles. The SMILES string of the molecule is CN=C(NCc1cccc(NC(=O)CN(C)C)c1)N1CCN(c2ccc(OC)cc2)CC1.I. The second-order valence-corrected chi connectivity index (χ2v) is 8.06. The fourth-order valence-corrected chi connectivity index (χ4v) is 3.73. The van der Waals surface area contributed by atoms with Crippen molar-refractivity contribution in [2.45, 2.75) is 6.54 Å². The van der Waals surface area contributed by atoms with E-state index in [4.69, 9.17) is 4.74 Å². The Morgan fingerprint density at radius 3 is 2.39 bits per heavy atom. The Hall–Kier alpha value is -2.53. The van der Waals surface area contributed by atoms with E-state index in [0.717, 1.165) is 49.1 Å². The zero-order chi connectivity index (χ0) is 22.9. The number of piperazine rings is 1. The molecule has 0 atom stereocenters. The van der Waals surface area contributed by atoms with Gasteiger partial charge in [-0.1, -0.05) is 12.1 Å². The Balaban J connectivity index is 0.00000385. The number of halogens is 1. The molecule has 8 nitrogen and oxygen atoms in total. The molecule has 0 bridgehead atoms. The van der Waals surface area contributed by atoms with E-state index in [-0.39, 0.29) is 29.9 Å². The number of ether oxygens (including phenoxy) is 1. The molecule has 33 heavy (non-hydrogen) atoms. The van der Waals surface area contributed by atoms with Gasteiger partial charge in [-0.2, -0.15) is 0 Å². The topological polar surface area (TPSA) is 72.4 Å². The van der Waals surface area contributed by atoms with Gasteiger partial charge in [0.1, 0.15) is 5.75 Å². The van der Waals surface area contributed by atoms with E-state index in [1.165, 1.54) is 5.69 Å². The van der Waals surface area contributed by atoms with Gasteiger partial charge in [-0.3, -0.25) is 9.79 Å². The van der Waals surface area contributed by atoms with Gasteiger partial charge in [0, 0.05) is 51.1 Å². The van der Waals surface area contributed by atoms with Crippen molar-refractivity contribution < 1.29 is 9.53 Å². The van der Waals surface area contributed by atoms with Gasteiger partial charge in [-0.25, -0.2) is 0 Å². The van der Waals surface area contributed by atoms with Crippen LogP contribution in [0.2, 0.25) is 0 Å². The molecule has 1 saturated heterocycles. The second kappa shape index (κ2) is 13.2. The number of nitrogens with one attached hydrogen (secondary N) is 2. The number of aliphatic imine (C=N–C) groups is 1. The third-order valence-electron chi connectivity index (χ3n) is 5.35. The van der Waals surface area contributed by atoms with Crippen molar-refractivity contribution in [1.82, 2.24) is 15.1 Å². The molecule has 1 amide bonds. The van der Waals surface area contributed by atoms with Crippen LogP contribution in [0.25, 0.3) is 0 Å². The van der Waals surface area contributed by atoms with Crippen molar-refractivity contribution in [2.75, 3.05) is 71.2 Å². The maximum atomic E-state index is 12.0. The van der Waals surface area contributed by atoms with Gasteiger partial charge in [0.25, 0.3) is 0 Å². The predicted molar refractivity (Wildman–Crippen MR) is 146 cm³/mol. The lowest BCUT2D eigenvalue weighted by atomic mass is 10.2. The molecule has 9 heteroatoms. The molecule has 0 aliphatic carbocycles. The number of hydrogen-bond acceptors (Lipinski definition) is 5. The van der Waals surface area contributed by atoms with Crippen LogP contribution in [0.1, 0.15) is 5.56 Å². The molecule has 1 heterocycles. The normalized spacial score (nSPS) is 14.0. The van der Waals surface area contributed by atoms with Crippen LogP contribution in [-0.2, 0) is 11.3 Å². The zero-order valence-corrected chi connectivity index (χ0v) is 22.2. The molecule has 0 unspecified atom stereocenters. The molecule has 2 N–H and O–H groups in total. The largest absolute Gasteiger partial charge is 0.497 e. The van der Waals surface area contributed by atoms with Crippen molar-refractivity contribution in [1.29, 1.82) is 0 Å². The molecular formula is C24H35IN6O2. The van der Waals surface area contributed by atoms with Gasteiger partial charge in [-0.05, 0) is 56.1 Å². The first-order chi connectivity index (χ1) is 15.5. The first-order valence-corrected chi connectivity index (χ1v) is 10.9. The summed E-state index contributed by atoms with van der Waals surface area (Å²) in [6, 6.07) is 16.1. The van der Waals surface area contributed by atoms with E-state index in [9.17, 15) is 4.79 Å². The van der Waals surface area contributed by atoms with Gasteiger partial charge in [0.2, 0.25) is 5.91 Å².